The van der Waals surface area contributed by atoms with Crippen LogP contribution in [0.1, 0.15) is 32.8 Å². The van der Waals surface area contributed by atoms with Crippen molar-refractivity contribution in [2.24, 2.45) is 0 Å². The largest absolute Gasteiger partial charge is 0.463 e. The molecule has 0 aliphatic rings. The Kier molecular flexibility index (Phi) is 5.90. The molecule has 102 valence electrons. The van der Waals surface area contributed by atoms with Gasteiger partial charge >= 0.3 is 0 Å². The molecular weight excluding hydrogens is 256 g/mol. The third kappa shape index (κ3) is 5.35. The number of carbonyl (C=O) groups excluding carboxylic acids is 1. The van der Waals surface area contributed by atoms with Crippen molar-refractivity contribution in [2.45, 2.75) is 39.0 Å². The number of hydrogen-bond acceptors (Lipinski definition) is 3. The molecule has 0 fully saturated rings. The van der Waals surface area contributed by atoms with E-state index < -0.39 is 0 Å². The van der Waals surface area contributed by atoms with Gasteiger partial charge in [-0.2, -0.15) is 0 Å². The van der Waals surface area contributed by atoms with Crippen molar-refractivity contribution < 1.29 is 9.53 Å². The van der Waals surface area contributed by atoms with Crippen LogP contribution >= 0.6 is 11.8 Å². The molecule has 0 spiro atoms. The van der Waals surface area contributed by atoms with Crippen LogP contribution in [0.3, 0.4) is 0 Å². The van der Waals surface area contributed by atoms with E-state index in [9.17, 15) is 4.79 Å². The van der Waals surface area contributed by atoms with E-state index in [-0.39, 0.29) is 5.78 Å². The molecule has 0 saturated carbocycles. The minimum Gasteiger partial charge on any atom is -0.463 e. The number of allylic oxidation sites excluding steroid dienone is 3. The second-order valence-corrected chi connectivity index (χ2v) is 5.58. The van der Waals surface area contributed by atoms with Gasteiger partial charge in [-0.15, -0.1) is 0 Å². The molecule has 19 heavy (non-hydrogen) atoms. The molecule has 0 amide bonds. The van der Waals surface area contributed by atoms with Crippen molar-refractivity contribution in [3.8, 4) is 5.75 Å². The molecular formula is C16H20O2S. The Labute approximate surface area is 119 Å². The lowest BCUT2D eigenvalue weighted by Gasteiger charge is -2.10. The number of carbonyl (C=O) groups is 1. The molecule has 1 aromatic carbocycles. The summed E-state index contributed by atoms with van der Waals surface area (Å²) in [6.07, 6.45) is 2.55. The smallest absolute Gasteiger partial charge is 0.153 e. The predicted octanol–water partition coefficient (Wildman–Crippen LogP) is 4.88. The maximum absolute atomic E-state index is 11.1. The first-order chi connectivity index (χ1) is 8.92. The maximum Gasteiger partial charge on any atom is 0.153 e. The van der Waals surface area contributed by atoms with Crippen molar-refractivity contribution in [2.75, 3.05) is 0 Å². The van der Waals surface area contributed by atoms with Gasteiger partial charge in [0.15, 0.2) is 5.78 Å². The van der Waals surface area contributed by atoms with Crippen molar-refractivity contribution in [3.05, 3.63) is 47.1 Å². The van der Waals surface area contributed by atoms with Gasteiger partial charge in [0.1, 0.15) is 5.75 Å². The summed E-state index contributed by atoms with van der Waals surface area (Å²) in [6.45, 7) is 11.2. The zero-order chi connectivity index (χ0) is 14.4. The predicted molar refractivity (Wildman–Crippen MR) is 81.5 cm³/mol. The highest BCUT2D eigenvalue weighted by atomic mass is 32.2. The summed E-state index contributed by atoms with van der Waals surface area (Å²) >= 11 is 1.63. The fraction of sp³-hybridized carbons (Fsp3) is 0.312. The molecule has 3 heteroatoms. The molecule has 0 unspecified atom stereocenters. The van der Waals surface area contributed by atoms with Crippen LogP contribution in [-0.4, -0.2) is 5.78 Å². The third-order valence-electron chi connectivity index (χ3n) is 2.39. The topological polar surface area (TPSA) is 26.3 Å². The van der Waals surface area contributed by atoms with Crippen molar-refractivity contribution in [3.63, 3.8) is 0 Å². The first-order valence-corrected chi connectivity index (χ1v) is 7.07. The Balaban J connectivity index is 2.90. The molecule has 0 aliphatic heterocycles. The van der Waals surface area contributed by atoms with Crippen LogP contribution in [0.2, 0.25) is 0 Å². The first-order valence-electron chi connectivity index (χ1n) is 6.25. The second kappa shape index (κ2) is 7.19. The van der Waals surface area contributed by atoms with Gasteiger partial charge in [-0.05, 0) is 61.9 Å². The van der Waals surface area contributed by atoms with Gasteiger partial charge in [0, 0.05) is 4.90 Å². The van der Waals surface area contributed by atoms with E-state index in [2.05, 4.69) is 13.5 Å². The fourth-order valence-electron chi connectivity index (χ4n) is 1.57. The van der Waals surface area contributed by atoms with Crippen LogP contribution in [0, 0.1) is 6.92 Å². The van der Waals surface area contributed by atoms with Gasteiger partial charge < -0.3 is 4.74 Å². The van der Waals surface area contributed by atoms with Gasteiger partial charge in [-0.25, -0.2) is 0 Å². The summed E-state index contributed by atoms with van der Waals surface area (Å²) in [5.41, 5.74) is 1.13. The van der Waals surface area contributed by atoms with E-state index in [0.29, 0.717) is 5.76 Å². The molecule has 0 aliphatic carbocycles. The Bertz CT molecular complexity index is 515. The number of thioether (sulfide) groups is 1. The van der Waals surface area contributed by atoms with Crippen LogP contribution in [0.4, 0.5) is 0 Å². The normalized spacial score (nSPS) is 11.3. The summed E-state index contributed by atoms with van der Waals surface area (Å²) in [6, 6.07) is 5.92. The minimum absolute atomic E-state index is 0.0873. The number of ether oxygens (including phenoxy) is 1. The lowest BCUT2D eigenvalue weighted by molar-refractivity contribution is -0.112. The second-order valence-electron chi connectivity index (χ2n) is 4.41. The molecule has 0 bridgehead atoms. The molecule has 0 saturated heterocycles. The van der Waals surface area contributed by atoms with Gasteiger partial charge in [0.25, 0.3) is 0 Å². The minimum atomic E-state index is 0.0873. The van der Waals surface area contributed by atoms with Crippen LogP contribution in [-0.2, 0) is 4.79 Å². The molecule has 1 rings (SSSR count). The molecule has 0 radical (unpaired) electrons. The highest BCUT2D eigenvalue weighted by Crippen LogP contribution is 2.33. The van der Waals surface area contributed by atoms with E-state index in [1.54, 1.807) is 24.8 Å². The van der Waals surface area contributed by atoms with Gasteiger partial charge in [0.05, 0.1) is 5.76 Å². The van der Waals surface area contributed by atoms with Crippen molar-refractivity contribution in [1.82, 2.24) is 0 Å². The van der Waals surface area contributed by atoms with E-state index in [1.165, 1.54) is 0 Å². The van der Waals surface area contributed by atoms with E-state index in [1.807, 2.05) is 32.0 Å². The summed E-state index contributed by atoms with van der Waals surface area (Å²) < 4.78 is 5.47. The van der Waals surface area contributed by atoms with Crippen LogP contribution in [0.5, 0.6) is 5.75 Å². The Morgan fingerprint density at radius 1 is 1.42 bits per heavy atom. The summed E-state index contributed by atoms with van der Waals surface area (Å²) in [7, 11) is 0. The number of ketones is 1. The average molecular weight is 276 g/mol. The van der Waals surface area contributed by atoms with Crippen molar-refractivity contribution >= 4 is 17.5 Å². The SMILES string of the molecule is C=C(C)Oc1ccc(S/C(=C\C(C)=O)CC)c(C)c1. The third-order valence-corrected chi connectivity index (χ3v) is 3.74. The molecule has 2 nitrogen and oxygen atoms in total. The summed E-state index contributed by atoms with van der Waals surface area (Å²) in [4.78, 5) is 13.4. The van der Waals surface area contributed by atoms with Gasteiger partial charge in [-0.1, -0.05) is 25.3 Å². The lowest BCUT2D eigenvalue weighted by Crippen LogP contribution is -1.91. The first kappa shape index (κ1) is 15.6. The van der Waals surface area contributed by atoms with Crippen LogP contribution < -0.4 is 4.74 Å². The zero-order valence-electron chi connectivity index (χ0n) is 11.9. The zero-order valence-corrected chi connectivity index (χ0v) is 12.8. The number of hydrogen-bond donors (Lipinski definition) is 0. The Morgan fingerprint density at radius 2 is 2.11 bits per heavy atom. The maximum atomic E-state index is 11.1. The van der Waals surface area contributed by atoms with Crippen LogP contribution in [0.25, 0.3) is 0 Å². The molecule has 0 atom stereocenters. The van der Waals surface area contributed by atoms with E-state index >= 15 is 0 Å². The van der Waals surface area contributed by atoms with Gasteiger partial charge in [0.2, 0.25) is 0 Å². The molecule has 0 aromatic heterocycles. The lowest BCUT2D eigenvalue weighted by atomic mass is 10.2. The standard InChI is InChI=1S/C16H20O2S/c1-6-15(10-13(5)17)19-16-8-7-14(9-12(16)4)18-11(2)3/h7-10H,2,6H2,1,3-5H3/b15-10-. The van der Waals surface area contributed by atoms with E-state index in [4.69, 9.17) is 4.74 Å². The average Bonchev–Trinajstić information content (AvgIpc) is 2.30. The highest BCUT2D eigenvalue weighted by molar-refractivity contribution is 8.03. The number of benzene rings is 1. The number of rotatable bonds is 6. The molecule has 0 N–H and O–H groups in total. The Hall–Kier alpha value is -1.48. The summed E-state index contributed by atoms with van der Waals surface area (Å²) in [5.74, 6) is 1.55. The quantitative estimate of drug-likeness (QED) is 0.421. The fourth-order valence-corrected chi connectivity index (χ4v) is 2.58. The van der Waals surface area contributed by atoms with Gasteiger partial charge in [-0.3, -0.25) is 4.79 Å². The van der Waals surface area contributed by atoms with E-state index in [0.717, 1.165) is 27.5 Å². The van der Waals surface area contributed by atoms with Crippen molar-refractivity contribution in [1.29, 1.82) is 0 Å². The summed E-state index contributed by atoms with van der Waals surface area (Å²) in [5, 5.41) is 0. The Morgan fingerprint density at radius 3 is 2.58 bits per heavy atom. The number of aryl methyl sites for hydroxylation is 1. The highest BCUT2D eigenvalue weighted by Gasteiger charge is 2.05. The molecule has 1 aromatic rings. The monoisotopic (exact) mass is 276 g/mol. The van der Waals surface area contributed by atoms with Crippen LogP contribution in [0.15, 0.2) is 46.4 Å². The molecule has 0 heterocycles.